The van der Waals surface area contributed by atoms with Crippen molar-refractivity contribution in [3.05, 3.63) is 74.7 Å². The van der Waals surface area contributed by atoms with Crippen LogP contribution in [0.1, 0.15) is 65.1 Å². The number of hydrogen-bond donors (Lipinski definition) is 3. The van der Waals surface area contributed by atoms with E-state index >= 15 is 4.39 Å². The van der Waals surface area contributed by atoms with Crippen molar-refractivity contribution in [1.29, 1.82) is 0 Å². The van der Waals surface area contributed by atoms with Crippen molar-refractivity contribution in [2.24, 2.45) is 11.7 Å². The minimum Gasteiger partial charge on any atom is -0.491 e. The highest BCUT2D eigenvalue weighted by Crippen LogP contribution is 2.47. The van der Waals surface area contributed by atoms with E-state index in [9.17, 15) is 14.7 Å². The van der Waals surface area contributed by atoms with Gasteiger partial charge >= 0.3 is 0 Å². The van der Waals surface area contributed by atoms with Gasteiger partial charge in [0, 0.05) is 22.7 Å². The van der Waals surface area contributed by atoms with E-state index in [2.05, 4.69) is 31.3 Å². The third kappa shape index (κ3) is 5.25. The van der Waals surface area contributed by atoms with Crippen molar-refractivity contribution in [3.63, 3.8) is 0 Å². The molecule has 2 amide bonds. The van der Waals surface area contributed by atoms with Crippen LogP contribution in [-0.2, 0) is 5.60 Å². The highest BCUT2D eigenvalue weighted by molar-refractivity contribution is 9.10. The summed E-state index contributed by atoms with van der Waals surface area (Å²) in [4.78, 5) is 30.5. The number of hydrogen-bond acceptors (Lipinski definition) is 6. The topological polar surface area (TPSA) is 132 Å². The van der Waals surface area contributed by atoms with E-state index in [1.54, 1.807) is 25.1 Å². The lowest BCUT2D eigenvalue weighted by Crippen LogP contribution is -2.43. The highest BCUT2D eigenvalue weighted by Gasteiger charge is 2.47. The van der Waals surface area contributed by atoms with E-state index in [0.29, 0.717) is 35.0 Å². The van der Waals surface area contributed by atoms with Gasteiger partial charge in [-0.2, -0.15) is 5.10 Å². The molecule has 42 heavy (non-hydrogen) atoms. The number of carbonyl (C=O) groups is 2. The molecule has 2 aromatic heterocycles. The maximum Gasteiger partial charge on any atom is 0.252 e. The van der Waals surface area contributed by atoms with Gasteiger partial charge in [-0.1, -0.05) is 17.7 Å². The third-order valence-electron chi connectivity index (χ3n) is 7.71. The molecular formula is C30H28BrClFN5O4. The monoisotopic (exact) mass is 655 g/mol. The molecule has 0 bridgehead atoms. The number of amides is 2. The molecule has 218 valence electrons. The minimum atomic E-state index is -1.67. The van der Waals surface area contributed by atoms with E-state index in [-0.39, 0.29) is 51.8 Å². The summed E-state index contributed by atoms with van der Waals surface area (Å²) in [5.74, 6) is -2.12. The average molecular weight is 657 g/mol. The molecule has 2 fully saturated rings. The Hall–Kier alpha value is -3.54. The molecule has 0 aliphatic heterocycles. The number of aliphatic hydroxyl groups is 1. The van der Waals surface area contributed by atoms with Gasteiger partial charge in [0.25, 0.3) is 11.8 Å². The Morgan fingerprint density at radius 2 is 2.02 bits per heavy atom. The van der Waals surface area contributed by atoms with E-state index in [1.165, 1.54) is 18.2 Å². The molecule has 2 aliphatic carbocycles. The number of rotatable bonds is 10. The van der Waals surface area contributed by atoms with Gasteiger partial charge in [-0.05, 0) is 84.8 Å². The van der Waals surface area contributed by atoms with Crippen LogP contribution in [0.4, 0.5) is 4.39 Å². The second kappa shape index (κ2) is 10.9. The second-order valence-corrected chi connectivity index (χ2v) is 12.0. The van der Waals surface area contributed by atoms with Gasteiger partial charge in [-0.25, -0.2) is 9.37 Å². The summed E-state index contributed by atoms with van der Waals surface area (Å²) >= 11 is 9.67. The van der Waals surface area contributed by atoms with Crippen LogP contribution in [0.3, 0.4) is 0 Å². The number of ether oxygens (including phenoxy) is 1. The van der Waals surface area contributed by atoms with Crippen molar-refractivity contribution in [2.45, 2.75) is 44.2 Å². The van der Waals surface area contributed by atoms with Crippen LogP contribution >= 0.6 is 27.5 Å². The van der Waals surface area contributed by atoms with Crippen LogP contribution in [0.2, 0.25) is 5.02 Å². The van der Waals surface area contributed by atoms with Crippen molar-refractivity contribution in [3.8, 4) is 17.0 Å². The maximum absolute atomic E-state index is 15.3. The van der Waals surface area contributed by atoms with Crippen LogP contribution < -0.4 is 15.8 Å². The number of carbonyl (C=O) groups excluding carboxylic acids is 2. The zero-order valence-corrected chi connectivity index (χ0v) is 25.0. The number of halogens is 3. The lowest BCUT2D eigenvalue weighted by Gasteiger charge is -2.29. The van der Waals surface area contributed by atoms with Gasteiger partial charge in [0.05, 0.1) is 39.9 Å². The minimum absolute atomic E-state index is 0.0163. The van der Waals surface area contributed by atoms with Gasteiger partial charge < -0.3 is 20.9 Å². The molecule has 2 saturated carbocycles. The SMILES string of the molecule is CCOc1c(C(N)=O)cc([C@@](O)(CNC(=O)c2cc(Cl)c3nn(C4CC4)cc3c2)C2CC2)nc1-c1cccc(Br)c1F. The first-order valence-corrected chi connectivity index (χ1v) is 14.9. The zero-order chi connectivity index (χ0) is 29.8. The Kier molecular flexibility index (Phi) is 7.44. The molecule has 1 atom stereocenters. The van der Waals surface area contributed by atoms with E-state index in [4.69, 9.17) is 22.1 Å². The summed E-state index contributed by atoms with van der Waals surface area (Å²) in [6, 6.07) is 9.66. The summed E-state index contributed by atoms with van der Waals surface area (Å²) in [5, 5.41) is 20.5. The number of primary amides is 1. The summed E-state index contributed by atoms with van der Waals surface area (Å²) in [7, 11) is 0. The molecule has 6 rings (SSSR count). The molecule has 2 heterocycles. The second-order valence-electron chi connectivity index (χ2n) is 10.7. The molecule has 2 aliphatic rings. The van der Waals surface area contributed by atoms with Crippen molar-refractivity contribution in [2.75, 3.05) is 13.2 Å². The molecule has 0 unspecified atom stereocenters. The Balaban J connectivity index is 1.37. The number of aromatic nitrogens is 3. The predicted molar refractivity (Wildman–Crippen MR) is 159 cm³/mol. The standard InChI is InChI=1S/C30H28BrClFN5O4/c1-2-42-27-20(28(34)39)12-23(36-26(27)19-4-3-5-21(31)24(19)33)30(41,17-6-7-17)14-35-29(40)15-10-16-13-38(18-8-9-18)37-25(16)22(32)11-15/h3-5,10-13,17-18,41H,2,6-9,14H2,1H3,(H2,34,39)(H,35,40)/t30-/m1/s1. The van der Waals surface area contributed by atoms with E-state index < -0.39 is 23.2 Å². The van der Waals surface area contributed by atoms with E-state index in [0.717, 1.165) is 18.2 Å². The van der Waals surface area contributed by atoms with Crippen LogP contribution in [0, 0.1) is 11.7 Å². The Labute approximate surface area is 254 Å². The lowest BCUT2D eigenvalue weighted by atomic mass is 9.90. The van der Waals surface area contributed by atoms with Crippen LogP contribution in [0.15, 0.2) is 47.1 Å². The number of fused-ring (bicyclic) bond motifs is 1. The first-order chi connectivity index (χ1) is 20.1. The largest absolute Gasteiger partial charge is 0.491 e. The Morgan fingerprint density at radius 1 is 1.26 bits per heavy atom. The summed E-state index contributed by atoms with van der Waals surface area (Å²) < 4.78 is 23.1. The Morgan fingerprint density at radius 3 is 2.69 bits per heavy atom. The molecule has 9 nitrogen and oxygen atoms in total. The maximum atomic E-state index is 15.3. The molecule has 0 spiro atoms. The Bertz CT molecular complexity index is 1740. The van der Waals surface area contributed by atoms with Crippen molar-refractivity contribution >= 4 is 50.2 Å². The fourth-order valence-electron chi connectivity index (χ4n) is 5.19. The zero-order valence-electron chi connectivity index (χ0n) is 22.7. The fraction of sp³-hybridized carbons (Fsp3) is 0.333. The lowest BCUT2D eigenvalue weighted by molar-refractivity contribution is 0.00946. The van der Waals surface area contributed by atoms with Gasteiger partial charge in [0.2, 0.25) is 0 Å². The summed E-state index contributed by atoms with van der Waals surface area (Å²) in [6.45, 7) is 1.67. The van der Waals surface area contributed by atoms with Gasteiger partial charge in [0.15, 0.2) is 5.75 Å². The number of nitrogens with zero attached hydrogens (tertiary/aromatic N) is 3. The molecule has 0 radical (unpaired) electrons. The molecule has 2 aromatic carbocycles. The average Bonchev–Trinajstić information content (AvgIpc) is 3.90. The number of nitrogens with two attached hydrogens (primary N) is 1. The molecular weight excluding hydrogens is 629 g/mol. The molecule has 4 N–H and O–H groups in total. The van der Waals surface area contributed by atoms with Crippen molar-refractivity contribution < 1.29 is 23.8 Å². The molecule has 4 aromatic rings. The van der Waals surface area contributed by atoms with E-state index in [1.807, 2.05) is 10.9 Å². The van der Waals surface area contributed by atoms with Gasteiger partial charge in [0.1, 0.15) is 22.6 Å². The quantitative estimate of drug-likeness (QED) is 0.206. The number of pyridine rings is 1. The summed E-state index contributed by atoms with van der Waals surface area (Å²) in [6.07, 6.45) is 5.35. The number of benzene rings is 2. The van der Waals surface area contributed by atoms with Gasteiger partial charge in [-0.15, -0.1) is 0 Å². The van der Waals surface area contributed by atoms with Gasteiger partial charge in [-0.3, -0.25) is 14.3 Å². The fourth-order valence-corrected chi connectivity index (χ4v) is 5.82. The first kappa shape index (κ1) is 28.6. The normalized spacial score (nSPS) is 16.3. The molecule has 12 heteroatoms. The summed E-state index contributed by atoms with van der Waals surface area (Å²) in [5.41, 5.74) is 5.11. The molecule has 0 saturated heterocycles. The van der Waals surface area contributed by atoms with Crippen LogP contribution in [0.5, 0.6) is 5.75 Å². The predicted octanol–water partition coefficient (Wildman–Crippen LogP) is 5.51. The number of nitrogens with one attached hydrogen (secondary N) is 1. The highest BCUT2D eigenvalue weighted by atomic mass is 79.9. The first-order valence-electron chi connectivity index (χ1n) is 13.7. The van der Waals surface area contributed by atoms with Crippen LogP contribution in [-0.4, -0.2) is 44.8 Å². The smallest absolute Gasteiger partial charge is 0.252 e. The third-order valence-corrected chi connectivity index (χ3v) is 8.61. The van der Waals surface area contributed by atoms with Crippen LogP contribution in [0.25, 0.3) is 22.2 Å². The van der Waals surface area contributed by atoms with Crippen molar-refractivity contribution in [1.82, 2.24) is 20.1 Å².